The molecule has 1 heterocycles. The van der Waals surface area contributed by atoms with E-state index >= 15 is 0 Å². The molecule has 168 valence electrons. The van der Waals surface area contributed by atoms with Crippen LogP contribution >= 0.6 is 0 Å². The number of carbonyl (C=O) groups excluding carboxylic acids is 1. The van der Waals surface area contributed by atoms with Crippen LogP contribution in [0.4, 0.5) is 0 Å². The topological polar surface area (TPSA) is 75.7 Å². The van der Waals surface area contributed by atoms with Crippen LogP contribution in [0.3, 0.4) is 0 Å². The minimum absolute atomic E-state index is 0.0398. The van der Waals surface area contributed by atoms with E-state index in [9.17, 15) is 13.2 Å². The largest absolute Gasteiger partial charge is 0.495 e. The lowest BCUT2D eigenvalue weighted by Gasteiger charge is -2.24. The number of carbonyl (C=O) groups is 1. The number of sulfonamides is 1. The first-order chi connectivity index (χ1) is 14.8. The lowest BCUT2D eigenvalue weighted by Crippen LogP contribution is -2.32. The Morgan fingerprint density at radius 2 is 1.74 bits per heavy atom. The highest BCUT2D eigenvalue weighted by molar-refractivity contribution is 7.89. The number of ether oxygens (including phenoxy) is 1. The van der Waals surface area contributed by atoms with Crippen molar-refractivity contribution in [1.29, 1.82) is 0 Å². The fraction of sp³-hybridized carbons (Fsp3) is 0.458. The molecule has 0 radical (unpaired) electrons. The van der Waals surface area contributed by atoms with Crippen LogP contribution in [0.2, 0.25) is 0 Å². The maximum atomic E-state index is 13.1. The number of hydrogen-bond acceptors (Lipinski definition) is 4. The first-order valence-electron chi connectivity index (χ1n) is 10.9. The third kappa shape index (κ3) is 5.10. The zero-order chi connectivity index (χ0) is 22.6. The summed E-state index contributed by atoms with van der Waals surface area (Å²) >= 11 is 0. The molecule has 2 aromatic rings. The fourth-order valence-corrected chi connectivity index (χ4v) is 5.61. The summed E-state index contributed by atoms with van der Waals surface area (Å²) in [7, 11) is -2.28. The van der Waals surface area contributed by atoms with Crippen molar-refractivity contribution in [2.24, 2.45) is 5.92 Å². The van der Waals surface area contributed by atoms with Crippen molar-refractivity contribution >= 4 is 15.9 Å². The van der Waals surface area contributed by atoms with Gasteiger partial charge < -0.3 is 10.1 Å². The molecule has 0 bridgehead atoms. The van der Waals surface area contributed by atoms with Crippen molar-refractivity contribution in [1.82, 2.24) is 9.62 Å². The number of rotatable bonds is 8. The standard InChI is InChI=1S/C24H32N2O4S/c1-5-18-8-10-19(11-9-18)23(17(2)3)25-24(27)20-12-13-21(30-4)22(16-20)31(28,29)26-14-6-7-15-26/h8-13,16-17,23H,5-7,14-15H2,1-4H3,(H,25,27). The molecule has 31 heavy (non-hydrogen) atoms. The van der Waals surface area contributed by atoms with Crippen LogP contribution in [0.25, 0.3) is 0 Å². The number of amides is 1. The molecule has 1 aliphatic rings. The fourth-order valence-electron chi connectivity index (χ4n) is 3.91. The van der Waals surface area contributed by atoms with Gasteiger partial charge in [0.15, 0.2) is 0 Å². The van der Waals surface area contributed by atoms with E-state index in [1.807, 2.05) is 12.1 Å². The van der Waals surface area contributed by atoms with Gasteiger partial charge in [0.25, 0.3) is 5.91 Å². The van der Waals surface area contributed by atoms with Crippen LogP contribution < -0.4 is 10.1 Å². The Morgan fingerprint density at radius 3 is 2.29 bits per heavy atom. The molecule has 1 amide bonds. The first-order valence-corrected chi connectivity index (χ1v) is 12.3. The first kappa shape index (κ1) is 23.3. The number of hydrogen-bond donors (Lipinski definition) is 1. The van der Waals surface area contributed by atoms with Gasteiger partial charge in [0.2, 0.25) is 10.0 Å². The zero-order valence-corrected chi connectivity index (χ0v) is 19.5. The van der Waals surface area contributed by atoms with Gasteiger partial charge in [0, 0.05) is 18.7 Å². The molecule has 7 heteroatoms. The average molecular weight is 445 g/mol. The van der Waals surface area contributed by atoms with E-state index in [0.717, 1.165) is 24.8 Å². The Kier molecular flexibility index (Phi) is 7.38. The minimum atomic E-state index is -3.71. The van der Waals surface area contributed by atoms with E-state index in [1.165, 1.54) is 23.0 Å². The SMILES string of the molecule is CCc1ccc(C(NC(=O)c2ccc(OC)c(S(=O)(=O)N3CCCC3)c2)C(C)C)cc1. The Balaban J connectivity index is 1.89. The van der Waals surface area contributed by atoms with Crippen LogP contribution in [-0.4, -0.2) is 38.8 Å². The molecule has 6 nitrogen and oxygen atoms in total. The summed E-state index contributed by atoms with van der Waals surface area (Å²) in [4.78, 5) is 13.1. The highest BCUT2D eigenvalue weighted by Gasteiger charge is 2.31. The van der Waals surface area contributed by atoms with Crippen molar-refractivity contribution in [2.75, 3.05) is 20.2 Å². The molecule has 0 spiro atoms. The van der Waals surface area contributed by atoms with Crippen molar-refractivity contribution in [3.63, 3.8) is 0 Å². The maximum Gasteiger partial charge on any atom is 0.251 e. The third-order valence-corrected chi connectivity index (χ3v) is 7.73. The van der Waals surface area contributed by atoms with Crippen LogP contribution in [-0.2, 0) is 16.4 Å². The van der Waals surface area contributed by atoms with E-state index in [-0.39, 0.29) is 28.5 Å². The molecule has 1 aliphatic heterocycles. The summed E-state index contributed by atoms with van der Waals surface area (Å²) < 4.78 is 33.0. The van der Waals surface area contributed by atoms with Crippen LogP contribution in [0, 0.1) is 5.92 Å². The Hall–Kier alpha value is -2.38. The quantitative estimate of drug-likeness (QED) is 0.663. The molecule has 0 aromatic heterocycles. The van der Waals surface area contributed by atoms with E-state index < -0.39 is 10.0 Å². The van der Waals surface area contributed by atoms with Crippen molar-refractivity contribution in [3.05, 3.63) is 59.2 Å². The highest BCUT2D eigenvalue weighted by atomic mass is 32.2. The van der Waals surface area contributed by atoms with Crippen molar-refractivity contribution in [2.45, 2.75) is 51.0 Å². The second-order valence-corrected chi connectivity index (χ2v) is 10.2. The second kappa shape index (κ2) is 9.83. The summed E-state index contributed by atoms with van der Waals surface area (Å²) in [5, 5.41) is 3.08. The summed E-state index contributed by atoms with van der Waals surface area (Å²) in [6.45, 7) is 7.19. The normalized spacial score (nSPS) is 15.8. The molecular weight excluding hydrogens is 412 g/mol. The lowest BCUT2D eigenvalue weighted by molar-refractivity contribution is 0.0925. The highest BCUT2D eigenvalue weighted by Crippen LogP contribution is 2.30. The molecule has 1 saturated heterocycles. The second-order valence-electron chi connectivity index (χ2n) is 8.27. The van der Waals surface area contributed by atoms with Crippen LogP contribution in [0.15, 0.2) is 47.4 Å². The summed E-state index contributed by atoms with van der Waals surface area (Å²) in [6, 6.07) is 12.6. The predicted molar refractivity (Wildman–Crippen MR) is 122 cm³/mol. The van der Waals surface area contributed by atoms with Crippen molar-refractivity contribution < 1.29 is 17.9 Å². The van der Waals surface area contributed by atoms with E-state index in [4.69, 9.17) is 4.74 Å². The summed E-state index contributed by atoms with van der Waals surface area (Å²) in [5.74, 6) is 0.111. The van der Waals surface area contributed by atoms with Gasteiger partial charge >= 0.3 is 0 Å². The Bertz CT molecular complexity index is 1010. The van der Waals surface area contributed by atoms with E-state index in [1.54, 1.807) is 12.1 Å². The summed E-state index contributed by atoms with van der Waals surface area (Å²) in [6.07, 6.45) is 2.64. The molecule has 1 unspecified atom stereocenters. The Morgan fingerprint density at radius 1 is 1.10 bits per heavy atom. The molecule has 0 aliphatic carbocycles. The molecule has 0 saturated carbocycles. The lowest BCUT2D eigenvalue weighted by atomic mass is 9.94. The Labute approximate surface area is 185 Å². The van der Waals surface area contributed by atoms with Gasteiger partial charge in [0.1, 0.15) is 10.6 Å². The van der Waals surface area contributed by atoms with Gasteiger partial charge in [-0.05, 0) is 54.5 Å². The maximum absolute atomic E-state index is 13.1. The van der Waals surface area contributed by atoms with E-state index in [2.05, 4.69) is 38.2 Å². The molecule has 1 fully saturated rings. The monoisotopic (exact) mass is 444 g/mol. The number of nitrogens with one attached hydrogen (secondary N) is 1. The smallest absolute Gasteiger partial charge is 0.251 e. The third-order valence-electron chi connectivity index (χ3n) is 5.81. The number of benzene rings is 2. The van der Waals surface area contributed by atoms with Gasteiger partial charge in [0.05, 0.1) is 13.2 Å². The van der Waals surface area contributed by atoms with Gasteiger partial charge in [-0.25, -0.2) is 8.42 Å². The molecule has 1 atom stereocenters. The minimum Gasteiger partial charge on any atom is -0.495 e. The van der Waals surface area contributed by atoms with Crippen LogP contribution in [0.5, 0.6) is 5.75 Å². The van der Waals surface area contributed by atoms with E-state index in [0.29, 0.717) is 18.7 Å². The zero-order valence-electron chi connectivity index (χ0n) is 18.7. The van der Waals surface area contributed by atoms with Gasteiger partial charge in [-0.3, -0.25) is 4.79 Å². The molecular formula is C24H32N2O4S. The van der Waals surface area contributed by atoms with Crippen LogP contribution in [0.1, 0.15) is 61.1 Å². The number of nitrogens with zero attached hydrogens (tertiary/aromatic N) is 1. The molecule has 1 N–H and O–H groups in total. The van der Waals surface area contributed by atoms with Gasteiger partial charge in [-0.15, -0.1) is 0 Å². The predicted octanol–water partition coefficient (Wildman–Crippen LogP) is 4.17. The number of methoxy groups -OCH3 is 1. The number of aryl methyl sites for hydroxylation is 1. The average Bonchev–Trinajstić information content (AvgIpc) is 3.32. The van der Waals surface area contributed by atoms with Gasteiger partial charge in [-0.2, -0.15) is 4.31 Å². The molecule has 2 aromatic carbocycles. The molecule has 3 rings (SSSR count). The van der Waals surface area contributed by atoms with Gasteiger partial charge in [-0.1, -0.05) is 45.0 Å². The van der Waals surface area contributed by atoms with Crippen molar-refractivity contribution in [3.8, 4) is 5.75 Å². The summed E-state index contributed by atoms with van der Waals surface area (Å²) in [5.41, 5.74) is 2.57.